The predicted molar refractivity (Wildman–Crippen MR) is 110 cm³/mol. The molecule has 9 heteroatoms. The third-order valence-corrected chi connectivity index (χ3v) is 5.40. The standard InChI is InChI=1S/C20H26N6O3/c1-11(2)26-18-17(23-19(26)21)14(8-12-5-6-15(28)16(29)9-12)22-20(24-18)25-7-3-4-13(25)10-27/h5-6,9,11,13,27-29H,3-4,7-8,10H2,1-2H3,(H2,21,23)/t13-/m1/s1. The number of nitrogens with two attached hydrogens (primary N) is 1. The van der Waals surface area contributed by atoms with Crippen LogP contribution in [-0.2, 0) is 6.42 Å². The third-order valence-electron chi connectivity index (χ3n) is 5.40. The second kappa shape index (κ2) is 7.40. The van der Waals surface area contributed by atoms with E-state index in [-0.39, 0.29) is 30.2 Å². The Hall–Kier alpha value is -3.07. The summed E-state index contributed by atoms with van der Waals surface area (Å²) in [6, 6.07) is 4.76. The van der Waals surface area contributed by atoms with Crippen LogP contribution in [0.5, 0.6) is 11.5 Å². The maximum absolute atomic E-state index is 9.85. The fourth-order valence-corrected chi connectivity index (χ4v) is 3.96. The lowest BCUT2D eigenvalue weighted by molar-refractivity contribution is 0.265. The van der Waals surface area contributed by atoms with Gasteiger partial charge in [0.25, 0.3) is 0 Å². The van der Waals surface area contributed by atoms with Gasteiger partial charge < -0.3 is 26.0 Å². The molecule has 0 spiro atoms. The lowest BCUT2D eigenvalue weighted by atomic mass is 10.1. The molecule has 0 bridgehead atoms. The number of aromatic hydroxyl groups is 2. The van der Waals surface area contributed by atoms with Crippen LogP contribution in [0.3, 0.4) is 0 Å². The quantitative estimate of drug-likeness (QED) is 0.479. The van der Waals surface area contributed by atoms with Gasteiger partial charge in [-0.3, -0.25) is 4.57 Å². The second-order valence-corrected chi connectivity index (χ2v) is 7.75. The monoisotopic (exact) mass is 398 g/mol. The Balaban J connectivity index is 1.86. The predicted octanol–water partition coefficient (Wildman–Crippen LogP) is 1.95. The van der Waals surface area contributed by atoms with Crippen LogP contribution in [0.15, 0.2) is 18.2 Å². The lowest BCUT2D eigenvalue weighted by Gasteiger charge is -2.23. The fraction of sp³-hybridized carbons (Fsp3) is 0.450. The number of benzene rings is 1. The minimum Gasteiger partial charge on any atom is -0.504 e. The summed E-state index contributed by atoms with van der Waals surface area (Å²) in [7, 11) is 0. The second-order valence-electron chi connectivity index (χ2n) is 7.75. The normalized spacial score (nSPS) is 17.0. The molecule has 29 heavy (non-hydrogen) atoms. The van der Waals surface area contributed by atoms with Crippen LogP contribution in [-0.4, -0.2) is 54.0 Å². The summed E-state index contributed by atoms with van der Waals surface area (Å²) in [6.07, 6.45) is 2.26. The molecule has 9 nitrogen and oxygen atoms in total. The van der Waals surface area contributed by atoms with Crippen molar-refractivity contribution in [3.63, 3.8) is 0 Å². The molecular weight excluding hydrogens is 372 g/mol. The summed E-state index contributed by atoms with van der Waals surface area (Å²) in [5.41, 5.74) is 8.92. The highest BCUT2D eigenvalue weighted by Gasteiger charge is 2.28. The summed E-state index contributed by atoms with van der Waals surface area (Å²) < 4.78 is 1.88. The van der Waals surface area contributed by atoms with E-state index in [1.165, 1.54) is 12.1 Å². The van der Waals surface area contributed by atoms with Gasteiger partial charge in [-0.1, -0.05) is 6.07 Å². The molecule has 2 aromatic heterocycles. The molecule has 0 radical (unpaired) electrons. The SMILES string of the molecule is CC(C)n1c(N)nc2c(Cc3ccc(O)c(O)c3)nc(N3CCC[C@@H]3CO)nc21. The number of imidazole rings is 1. The molecule has 1 aliphatic rings. The maximum Gasteiger partial charge on any atom is 0.228 e. The minimum atomic E-state index is -0.180. The number of phenolic OH excluding ortho intramolecular Hbond substituents is 2. The summed E-state index contributed by atoms with van der Waals surface area (Å²) in [5.74, 6) is 0.573. The first kappa shape index (κ1) is 19.3. The largest absolute Gasteiger partial charge is 0.504 e. The highest BCUT2D eigenvalue weighted by Crippen LogP contribution is 2.31. The van der Waals surface area contributed by atoms with Crippen LogP contribution in [0.25, 0.3) is 11.2 Å². The first-order valence-electron chi connectivity index (χ1n) is 9.81. The van der Waals surface area contributed by atoms with Crippen LogP contribution in [0.2, 0.25) is 0 Å². The van der Waals surface area contributed by atoms with Gasteiger partial charge >= 0.3 is 0 Å². The van der Waals surface area contributed by atoms with E-state index in [1.807, 2.05) is 23.3 Å². The molecule has 1 aliphatic heterocycles. The fourth-order valence-electron chi connectivity index (χ4n) is 3.96. The molecule has 0 amide bonds. The van der Waals surface area contributed by atoms with Crippen LogP contribution < -0.4 is 10.6 Å². The van der Waals surface area contributed by atoms with E-state index in [4.69, 9.17) is 15.7 Å². The zero-order valence-corrected chi connectivity index (χ0v) is 16.6. The number of rotatable bonds is 5. The van der Waals surface area contributed by atoms with Crippen molar-refractivity contribution in [1.29, 1.82) is 0 Å². The Morgan fingerprint density at radius 1 is 1.17 bits per heavy atom. The van der Waals surface area contributed by atoms with Gasteiger partial charge in [0.1, 0.15) is 5.52 Å². The Morgan fingerprint density at radius 3 is 2.66 bits per heavy atom. The van der Waals surface area contributed by atoms with Crippen molar-refractivity contribution in [2.24, 2.45) is 0 Å². The van der Waals surface area contributed by atoms with Crippen molar-refractivity contribution in [3.8, 4) is 11.5 Å². The van der Waals surface area contributed by atoms with Crippen LogP contribution in [0.1, 0.15) is 44.0 Å². The van der Waals surface area contributed by atoms with Crippen molar-refractivity contribution in [1.82, 2.24) is 19.5 Å². The number of nitrogens with zero attached hydrogens (tertiary/aromatic N) is 5. The highest BCUT2D eigenvalue weighted by molar-refractivity contribution is 5.78. The van der Waals surface area contributed by atoms with Gasteiger partial charge in [-0.25, -0.2) is 9.97 Å². The van der Waals surface area contributed by atoms with Gasteiger partial charge in [0.15, 0.2) is 17.1 Å². The summed E-state index contributed by atoms with van der Waals surface area (Å²) in [6.45, 7) is 4.86. The molecule has 3 heterocycles. The number of hydrogen-bond donors (Lipinski definition) is 4. The summed E-state index contributed by atoms with van der Waals surface area (Å²) >= 11 is 0. The Bertz CT molecular complexity index is 1050. The van der Waals surface area contributed by atoms with Crippen molar-refractivity contribution in [3.05, 3.63) is 29.5 Å². The average Bonchev–Trinajstić information content (AvgIpc) is 3.28. The van der Waals surface area contributed by atoms with Crippen molar-refractivity contribution < 1.29 is 15.3 Å². The number of fused-ring (bicyclic) bond motifs is 1. The smallest absolute Gasteiger partial charge is 0.228 e. The molecule has 0 aliphatic carbocycles. The van der Waals surface area contributed by atoms with Crippen molar-refractivity contribution in [2.45, 2.75) is 45.2 Å². The van der Waals surface area contributed by atoms with Gasteiger partial charge in [-0.05, 0) is 44.4 Å². The zero-order valence-electron chi connectivity index (χ0n) is 16.6. The van der Waals surface area contributed by atoms with Gasteiger partial charge in [0.2, 0.25) is 11.9 Å². The molecule has 5 N–H and O–H groups in total. The van der Waals surface area contributed by atoms with Gasteiger partial charge in [-0.2, -0.15) is 4.98 Å². The van der Waals surface area contributed by atoms with Crippen molar-refractivity contribution in [2.75, 3.05) is 23.8 Å². The third kappa shape index (κ3) is 3.42. The number of phenols is 2. The number of aliphatic hydroxyl groups is 1. The van der Waals surface area contributed by atoms with Gasteiger partial charge in [0, 0.05) is 19.0 Å². The molecule has 0 unspecified atom stereocenters. The van der Waals surface area contributed by atoms with Crippen LogP contribution in [0, 0.1) is 0 Å². The average molecular weight is 398 g/mol. The first-order chi connectivity index (χ1) is 13.9. The topological polar surface area (TPSA) is 134 Å². The molecule has 4 rings (SSSR count). The minimum absolute atomic E-state index is 0.00853. The lowest BCUT2D eigenvalue weighted by Crippen LogP contribution is -2.33. The summed E-state index contributed by atoms with van der Waals surface area (Å²) in [4.78, 5) is 16.1. The summed E-state index contributed by atoms with van der Waals surface area (Å²) in [5, 5.41) is 29.2. The van der Waals surface area contributed by atoms with Gasteiger partial charge in [0.05, 0.1) is 18.3 Å². The first-order valence-corrected chi connectivity index (χ1v) is 9.81. The molecule has 1 aromatic carbocycles. The maximum atomic E-state index is 9.85. The number of hydrogen-bond acceptors (Lipinski definition) is 8. The zero-order chi connectivity index (χ0) is 20.7. The number of aromatic nitrogens is 4. The van der Waals surface area contributed by atoms with E-state index >= 15 is 0 Å². The van der Waals surface area contributed by atoms with Crippen LogP contribution >= 0.6 is 0 Å². The van der Waals surface area contributed by atoms with Crippen molar-refractivity contribution >= 4 is 23.1 Å². The van der Waals surface area contributed by atoms with E-state index < -0.39 is 0 Å². The van der Waals surface area contributed by atoms with E-state index in [0.717, 1.165) is 24.9 Å². The number of anilines is 2. The molecule has 3 aromatic rings. The Morgan fingerprint density at radius 2 is 1.97 bits per heavy atom. The number of nitrogen functional groups attached to an aromatic ring is 1. The van der Waals surface area contributed by atoms with E-state index in [0.29, 0.717) is 35.2 Å². The van der Waals surface area contributed by atoms with E-state index in [2.05, 4.69) is 4.98 Å². The molecule has 154 valence electrons. The Kier molecular flexibility index (Phi) is 4.91. The molecule has 1 saturated heterocycles. The highest BCUT2D eigenvalue weighted by atomic mass is 16.3. The van der Waals surface area contributed by atoms with E-state index in [9.17, 15) is 15.3 Å². The van der Waals surface area contributed by atoms with Crippen LogP contribution in [0.4, 0.5) is 11.9 Å². The molecule has 1 atom stereocenters. The molecular formula is C20H26N6O3. The number of aliphatic hydroxyl groups excluding tert-OH is 1. The Labute approximate surface area is 168 Å². The molecule has 1 fully saturated rings. The van der Waals surface area contributed by atoms with E-state index in [1.54, 1.807) is 6.07 Å². The molecule has 0 saturated carbocycles. The van der Waals surface area contributed by atoms with Gasteiger partial charge in [-0.15, -0.1) is 0 Å².